The lowest BCUT2D eigenvalue weighted by Gasteiger charge is -2.18. The maximum atomic E-state index is 12.6. The van der Waals surface area contributed by atoms with E-state index in [0.717, 1.165) is 38.7 Å². The van der Waals surface area contributed by atoms with Crippen LogP contribution in [0.15, 0.2) is 36.5 Å². The molecule has 0 aliphatic carbocycles. The number of carbonyl (C=O) groups is 1. The molecule has 1 atom stereocenters. The quantitative estimate of drug-likeness (QED) is 0.0348. The third-order valence-corrected chi connectivity index (χ3v) is 11.7. The molecule has 0 amide bonds. The third kappa shape index (κ3) is 50.9. The summed E-state index contributed by atoms with van der Waals surface area (Å²) in [6.45, 7) is 9.14. The molecule has 0 aromatic heterocycles. The van der Waals surface area contributed by atoms with Crippen LogP contribution in [0.1, 0.15) is 278 Å². The summed E-state index contributed by atoms with van der Waals surface area (Å²) in [6, 6.07) is 0. The van der Waals surface area contributed by atoms with Gasteiger partial charge in [-0.15, -0.1) is 0 Å². The van der Waals surface area contributed by atoms with Gasteiger partial charge in [-0.05, 0) is 77.0 Å². The summed E-state index contributed by atoms with van der Waals surface area (Å²) < 4.78 is 18.0. The summed E-state index contributed by atoms with van der Waals surface area (Å²) in [6.07, 6.45) is 64.8. The molecule has 0 aromatic rings. The van der Waals surface area contributed by atoms with Crippen LogP contribution in [0.4, 0.5) is 0 Å². The summed E-state index contributed by atoms with van der Waals surface area (Å²) >= 11 is 0. The molecule has 0 saturated heterocycles. The van der Waals surface area contributed by atoms with Gasteiger partial charge >= 0.3 is 5.97 Å². The van der Waals surface area contributed by atoms with Crippen LogP contribution >= 0.6 is 0 Å². The Hall–Kier alpha value is -1.39. The molecule has 0 radical (unpaired) electrons. The van der Waals surface area contributed by atoms with Gasteiger partial charge in [-0.2, -0.15) is 0 Å². The largest absolute Gasteiger partial charge is 0.463 e. The van der Waals surface area contributed by atoms with E-state index >= 15 is 0 Å². The second-order valence-electron chi connectivity index (χ2n) is 17.8. The highest BCUT2D eigenvalue weighted by Crippen LogP contribution is 2.15. The first kappa shape index (κ1) is 57.6. The number of allylic oxidation sites excluding steroid dienone is 6. The Morgan fingerprint density at radius 2 is 0.712 bits per heavy atom. The molecule has 0 aromatic carbocycles. The van der Waals surface area contributed by atoms with Gasteiger partial charge in [0.1, 0.15) is 12.7 Å². The van der Waals surface area contributed by atoms with Crippen LogP contribution in [0, 0.1) is 0 Å². The summed E-state index contributed by atoms with van der Waals surface area (Å²) in [5.41, 5.74) is 0. The van der Waals surface area contributed by atoms with E-state index in [2.05, 4.69) is 57.2 Å². The van der Waals surface area contributed by atoms with Crippen molar-refractivity contribution in [1.82, 2.24) is 0 Å². The third-order valence-electron chi connectivity index (χ3n) is 11.7. The minimum Gasteiger partial charge on any atom is -0.463 e. The van der Waals surface area contributed by atoms with Gasteiger partial charge in [0, 0.05) is 19.6 Å². The van der Waals surface area contributed by atoms with Gasteiger partial charge in [-0.3, -0.25) is 4.79 Å². The van der Waals surface area contributed by atoms with E-state index < -0.39 is 0 Å². The Labute approximate surface area is 370 Å². The highest BCUT2D eigenvalue weighted by atomic mass is 16.6. The van der Waals surface area contributed by atoms with Crippen molar-refractivity contribution in [2.75, 3.05) is 26.4 Å². The van der Waals surface area contributed by atoms with Crippen LogP contribution in [-0.2, 0) is 19.0 Å². The van der Waals surface area contributed by atoms with Crippen molar-refractivity contribution in [1.29, 1.82) is 0 Å². The van der Waals surface area contributed by atoms with E-state index in [1.54, 1.807) is 0 Å². The van der Waals surface area contributed by atoms with E-state index in [1.807, 2.05) is 0 Å². The van der Waals surface area contributed by atoms with Gasteiger partial charge in [0.2, 0.25) is 0 Å². The van der Waals surface area contributed by atoms with Crippen LogP contribution in [0.5, 0.6) is 0 Å². The minimum absolute atomic E-state index is 0.0799. The fraction of sp³-hybridized carbons (Fsp3) is 0.873. The molecule has 0 saturated carbocycles. The lowest BCUT2D eigenvalue weighted by Crippen LogP contribution is -2.28. The zero-order valence-corrected chi connectivity index (χ0v) is 40.3. The van der Waals surface area contributed by atoms with Crippen LogP contribution in [0.2, 0.25) is 0 Å². The van der Waals surface area contributed by atoms with Gasteiger partial charge in [-0.25, -0.2) is 0 Å². The van der Waals surface area contributed by atoms with Crippen molar-refractivity contribution in [3.63, 3.8) is 0 Å². The van der Waals surface area contributed by atoms with E-state index in [4.69, 9.17) is 14.2 Å². The Balaban J connectivity index is 4.15. The SMILES string of the molecule is CCCCC/C=C\C/C=C\CCCCCCCCO[C@@H](COCCCCCCCC/C=C\CCCCCCCC)COC(=O)CCCCCCCCCCCCCCC. The fourth-order valence-electron chi connectivity index (χ4n) is 7.70. The molecule has 0 spiro atoms. The molecule has 0 rings (SSSR count). The number of rotatable bonds is 50. The summed E-state index contributed by atoms with van der Waals surface area (Å²) in [4.78, 5) is 12.6. The highest BCUT2D eigenvalue weighted by Gasteiger charge is 2.13. The van der Waals surface area contributed by atoms with Crippen LogP contribution in [0.25, 0.3) is 0 Å². The normalized spacial score (nSPS) is 12.5. The smallest absolute Gasteiger partial charge is 0.305 e. The number of carbonyl (C=O) groups excluding carboxylic acids is 1. The van der Waals surface area contributed by atoms with E-state index in [-0.39, 0.29) is 12.1 Å². The molecule has 0 heterocycles. The van der Waals surface area contributed by atoms with Gasteiger partial charge in [0.25, 0.3) is 0 Å². The Bertz CT molecular complexity index is 878. The first-order valence-corrected chi connectivity index (χ1v) is 26.5. The topological polar surface area (TPSA) is 44.8 Å². The molecule has 0 aliphatic rings. The minimum atomic E-state index is -0.169. The predicted octanol–water partition coefficient (Wildman–Crippen LogP) is 18.3. The van der Waals surface area contributed by atoms with Gasteiger partial charge < -0.3 is 14.2 Å². The number of unbranched alkanes of at least 4 members (excludes halogenated alkanes) is 33. The van der Waals surface area contributed by atoms with Crippen LogP contribution < -0.4 is 0 Å². The summed E-state index contributed by atoms with van der Waals surface area (Å²) in [7, 11) is 0. The Morgan fingerprint density at radius 3 is 1.17 bits per heavy atom. The van der Waals surface area contributed by atoms with Gasteiger partial charge in [0.05, 0.1) is 6.61 Å². The zero-order valence-electron chi connectivity index (χ0n) is 40.3. The molecule has 4 nitrogen and oxygen atoms in total. The van der Waals surface area contributed by atoms with Crippen molar-refractivity contribution in [3.8, 4) is 0 Å². The number of hydrogen-bond acceptors (Lipinski definition) is 4. The van der Waals surface area contributed by atoms with Crippen molar-refractivity contribution in [2.45, 2.75) is 284 Å². The van der Waals surface area contributed by atoms with Crippen LogP contribution in [-0.4, -0.2) is 38.5 Å². The molecular formula is C55H104O4. The number of ether oxygens (including phenoxy) is 3. The molecule has 0 fully saturated rings. The van der Waals surface area contributed by atoms with Crippen molar-refractivity contribution in [3.05, 3.63) is 36.5 Å². The van der Waals surface area contributed by atoms with Gasteiger partial charge in [-0.1, -0.05) is 231 Å². The van der Waals surface area contributed by atoms with Crippen molar-refractivity contribution >= 4 is 5.97 Å². The Kier molecular flexibility index (Phi) is 51.5. The molecule has 0 unspecified atom stereocenters. The summed E-state index contributed by atoms with van der Waals surface area (Å²) in [5, 5.41) is 0. The van der Waals surface area contributed by atoms with Crippen molar-refractivity contribution in [2.24, 2.45) is 0 Å². The molecule has 59 heavy (non-hydrogen) atoms. The zero-order chi connectivity index (χ0) is 42.6. The fourth-order valence-corrected chi connectivity index (χ4v) is 7.70. The number of esters is 1. The maximum Gasteiger partial charge on any atom is 0.305 e. The Morgan fingerprint density at radius 1 is 0.373 bits per heavy atom. The molecular weight excluding hydrogens is 725 g/mol. The predicted molar refractivity (Wildman–Crippen MR) is 261 cm³/mol. The average Bonchev–Trinajstić information content (AvgIpc) is 3.24. The second-order valence-corrected chi connectivity index (χ2v) is 17.8. The van der Waals surface area contributed by atoms with E-state index in [1.165, 1.54) is 218 Å². The second kappa shape index (κ2) is 52.7. The standard InChI is InChI=1S/C55H104O4/c1-4-7-10-13-16-19-22-25-27-29-32-35-38-41-44-47-50-57-52-54(53-59-55(56)49-46-43-40-37-34-31-24-21-18-15-12-9-6-3)58-51-48-45-42-39-36-33-30-28-26-23-20-17-14-11-8-5-2/h17,20,25-28,54H,4-16,18-19,21-24,29-53H2,1-3H3/b20-17-,27-25-,28-26-/t54-/m0/s1. The van der Waals surface area contributed by atoms with Crippen molar-refractivity contribution < 1.29 is 19.0 Å². The molecule has 0 bridgehead atoms. The lowest BCUT2D eigenvalue weighted by molar-refractivity contribution is -0.150. The first-order valence-electron chi connectivity index (χ1n) is 26.5. The molecule has 4 heteroatoms. The monoisotopic (exact) mass is 829 g/mol. The molecule has 0 aliphatic heterocycles. The maximum absolute atomic E-state index is 12.6. The van der Waals surface area contributed by atoms with Gasteiger partial charge in [0.15, 0.2) is 0 Å². The lowest BCUT2D eigenvalue weighted by atomic mass is 10.0. The van der Waals surface area contributed by atoms with Crippen LogP contribution in [0.3, 0.4) is 0 Å². The number of hydrogen-bond donors (Lipinski definition) is 0. The molecule has 348 valence electrons. The van der Waals surface area contributed by atoms with E-state index in [9.17, 15) is 4.79 Å². The first-order chi connectivity index (χ1) is 29.2. The molecule has 0 N–H and O–H groups in total. The average molecular weight is 829 g/mol. The summed E-state index contributed by atoms with van der Waals surface area (Å²) in [5.74, 6) is -0.0799. The highest BCUT2D eigenvalue weighted by molar-refractivity contribution is 5.69. The van der Waals surface area contributed by atoms with E-state index in [0.29, 0.717) is 26.2 Å².